The van der Waals surface area contributed by atoms with Crippen molar-refractivity contribution in [3.8, 4) is 17.2 Å². The fourth-order valence-electron chi connectivity index (χ4n) is 2.24. The molecule has 0 saturated heterocycles. The molecule has 134 valence electrons. The van der Waals surface area contributed by atoms with Crippen LogP contribution in [0, 0.1) is 6.92 Å². The zero-order valence-electron chi connectivity index (χ0n) is 15.0. The molecule has 2 aromatic carbocycles. The predicted octanol–water partition coefficient (Wildman–Crippen LogP) is 3.49. The smallest absolute Gasteiger partial charge is 0.258 e. The Morgan fingerprint density at radius 3 is 2.28 bits per heavy atom. The molecule has 2 aromatic rings. The van der Waals surface area contributed by atoms with Crippen molar-refractivity contribution in [1.82, 2.24) is 5.32 Å². The summed E-state index contributed by atoms with van der Waals surface area (Å²) in [7, 11) is 0. The molecule has 0 saturated carbocycles. The standard InChI is InChI=1S/C20H25NO4/c1-4-23-18-11-8-16(12-19(18)24-5-2)13-21-20(22)14-25-17-9-6-15(3)7-10-17/h6-12H,4-5,13-14H2,1-3H3,(H,21,22). The van der Waals surface area contributed by atoms with Gasteiger partial charge in [-0.15, -0.1) is 0 Å². The maximum atomic E-state index is 11.9. The van der Waals surface area contributed by atoms with Crippen molar-refractivity contribution in [2.45, 2.75) is 27.3 Å². The summed E-state index contributed by atoms with van der Waals surface area (Å²) in [6.45, 7) is 7.38. The van der Waals surface area contributed by atoms with Crippen LogP contribution >= 0.6 is 0 Å². The topological polar surface area (TPSA) is 56.8 Å². The van der Waals surface area contributed by atoms with Crippen LogP contribution in [0.1, 0.15) is 25.0 Å². The van der Waals surface area contributed by atoms with Crippen molar-refractivity contribution in [2.75, 3.05) is 19.8 Å². The summed E-state index contributed by atoms with van der Waals surface area (Å²) in [6, 6.07) is 13.3. The molecule has 0 aliphatic heterocycles. The minimum Gasteiger partial charge on any atom is -0.490 e. The molecule has 2 rings (SSSR count). The van der Waals surface area contributed by atoms with Crippen LogP contribution in [-0.4, -0.2) is 25.7 Å². The lowest BCUT2D eigenvalue weighted by atomic mass is 10.2. The number of hydrogen-bond donors (Lipinski definition) is 1. The van der Waals surface area contributed by atoms with Crippen molar-refractivity contribution < 1.29 is 19.0 Å². The van der Waals surface area contributed by atoms with Gasteiger partial charge >= 0.3 is 0 Å². The van der Waals surface area contributed by atoms with Gasteiger partial charge in [0, 0.05) is 6.54 Å². The molecule has 0 heterocycles. The van der Waals surface area contributed by atoms with E-state index in [0.29, 0.717) is 37.0 Å². The van der Waals surface area contributed by atoms with Gasteiger partial charge in [0.15, 0.2) is 18.1 Å². The van der Waals surface area contributed by atoms with Gasteiger partial charge in [0.25, 0.3) is 5.91 Å². The Balaban J connectivity index is 1.86. The third kappa shape index (κ3) is 6.03. The van der Waals surface area contributed by atoms with Gasteiger partial charge in [-0.05, 0) is 50.6 Å². The molecule has 1 N–H and O–H groups in total. The van der Waals surface area contributed by atoms with Crippen molar-refractivity contribution >= 4 is 5.91 Å². The number of aryl methyl sites for hydroxylation is 1. The normalized spacial score (nSPS) is 10.2. The van der Waals surface area contributed by atoms with Crippen LogP contribution in [0.2, 0.25) is 0 Å². The first-order chi connectivity index (χ1) is 12.1. The molecule has 0 spiro atoms. The largest absolute Gasteiger partial charge is 0.490 e. The number of amides is 1. The summed E-state index contributed by atoms with van der Waals surface area (Å²) in [5.74, 6) is 1.90. The number of carbonyl (C=O) groups is 1. The second-order valence-corrected chi connectivity index (χ2v) is 5.53. The fourth-order valence-corrected chi connectivity index (χ4v) is 2.24. The molecule has 0 unspecified atom stereocenters. The predicted molar refractivity (Wildman–Crippen MR) is 97.3 cm³/mol. The number of ether oxygens (including phenoxy) is 3. The molecule has 0 bridgehead atoms. The molecule has 5 heteroatoms. The maximum absolute atomic E-state index is 11.9. The third-order valence-corrected chi connectivity index (χ3v) is 3.49. The molecule has 0 radical (unpaired) electrons. The molecule has 0 fully saturated rings. The molecule has 0 aromatic heterocycles. The summed E-state index contributed by atoms with van der Waals surface area (Å²) in [5.41, 5.74) is 2.09. The van der Waals surface area contributed by atoms with Crippen molar-refractivity contribution in [3.63, 3.8) is 0 Å². The second-order valence-electron chi connectivity index (χ2n) is 5.53. The van der Waals surface area contributed by atoms with E-state index in [1.807, 2.05) is 63.2 Å². The Labute approximate surface area is 148 Å². The van der Waals surface area contributed by atoms with E-state index in [-0.39, 0.29) is 12.5 Å². The highest BCUT2D eigenvalue weighted by Crippen LogP contribution is 2.28. The van der Waals surface area contributed by atoms with Gasteiger partial charge in [-0.3, -0.25) is 4.79 Å². The first kappa shape index (κ1) is 18.6. The lowest BCUT2D eigenvalue weighted by Gasteiger charge is -2.13. The monoisotopic (exact) mass is 343 g/mol. The summed E-state index contributed by atoms with van der Waals surface area (Å²) in [5, 5.41) is 2.84. The van der Waals surface area contributed by atoms with Gasteiger partial charge in [0.1, 0.15) is 5.75 Å². The van der Waals surface area contributed by atoms with Gasteiger partial charge < -0.3 is 19.5 Å². The first-order valence-corrected chi connectivity index (χ1v) is 8.47. The molecule has 0 atom stereocenters. The number of benzene rings is 2. The van der Waals surface area contributed by atoms with Crippen LogP contribution in [0.15, 0.2) is 42.5 Å². The molecular formula is C20H25NO4. The van der Waals surface area contributed by atoms with Gasteiger partial charge in [-0.1, -0.05) is 23.8 Å². The van der Waals surface area contributed by atoms with E-state index in [0.717, 1.165) is 11.1 Å². The minimum absolute atomic E-state index is 0.0155. The highest BCUT2D eigenvalue weighted by molar-refractivity contribution is 5.77. The quantitative estimate of drug-likeness (QED) is 0.757. The van der Waals surface area contributed by atoms with Gasteiger partial charge in [0.2, 0.25) is 0 Å². The van der Waals surface area contributed by atoms with Crippen molar-refractivity contribution in [2.24, 2.45) is 0 Å². The van der Waals surface area contributed by atoms with Crippen LogP contribution in [0.5, 0.6) is 17.2 Å². The molecule has 1 amide bonds. The molecule has 0 aliphatic rings. The molecule has 25 heavy (non-hydrogen) atoms. The number of rotatable bonds is 9. The van der Waals surface area contributed by atoms with Gasteiger partial charge in [-0.2, -0.15) is 0 Å². The minimum atomic E-state index is -0.174. The van der Waals surface area contributed by atoms with Gasteiger partial charge in [0.05, 0.1) is 13.2 Å². The van der Waals surface area contributed by atoms with E-state index < -0.39 is 0 Å². The van der Waals surface area contributed by atoms with Crippen LogP contribution in [0.25, 0.3) is 0 Å². The van der Waals surface area contributed by atoms with E-state index in [1.165, 1.54) is 0 Å². The van der Waals surface area contributed by atoms with E-state index in [1.54, 1.807) is 0 Å². The van der Waals surface area contributed by atoms with Gasteiger partial charge in [-0.25, -0.2) is 0 Å². The van der Waals surface area contributed by atoms with Crippen LogP contribution < -0.4 is 19.5 Å². The highest BCUT2D eigenvalue weighted by Gasteiger charge is 2.08. The van der Waals surface area contributed by atoms with E-state index in [2.05, 4.69) is 5.32 Å². The van der Waals surface area contributed by atoms with Crippen molar-refractivity contribution in [1.29, 1.82) is 0 Å². The van der Waals surface area contributed by atoms with Crippen molar-refractivity contribution in [3.05, 3.63) is 53.6 Å². The summed E-state index contributed by atoms with van der Waals surface area (Å²) in [6.07, 6.45) is 0. The fraction of sp³-hybridized carbons (Fsp3) is 0.350. The third-order valence-electron chi connectivity index (χ3n) is 3.49. The van der Waals surface area contributed by atoms with E-state index in [9.17, 15) is 4.79 Å². The molecule has 0 aliphatic carbocycles. The number of hydrogen-bond acceptors (Lipinski definition) is 4. The zero-order valence-corrected chi connectivity index (χ0v) is 15.0. The Morgan fingerprint density at radius 2 is 1.60 bits per heavy atom. The lowest BCUT2D eigenvalue weighted by molar-refractivity contribution is -0.123. The Bertz CT molecular complexity index is 683. The zero-order chi connectivity index (χ0) is 18.1. The Hall–Kier alpha value is -2.69. The van der Waals surface area contributed by atoms with Crippen LogP contribution in [0.4, 0.5) is 0 Å². The maximum Gasteiger partial charge on any atom is 0.258 e. The summed E-state index contributed by atoms with van der Waals surface area (Å²) in [4.78, 5) is 11.9. The summed E-state index contributed by atoms with van der Waals surface area (Å²) < 4.78 is 16.6. The second kappa shape index (κ2) is 9.57. The highest BCUT2D eigenvalue weighted by atomic mass is 16.5. The Kier molecular flexibility index (Phi) is 7.14. The number of carbonyl (C=O) groups excluding carboxylic acids is 1. The molecule has 5 nitrogen and oxygen atoms in total. The summed E-state index contributed by atoms with van der Waals surface area (Å²) >= 11 is 0. The average Bonchev–Trinajstić information content (AvgIpc) is 2.62. The molecular weight excluding hydrogens is 318 g/mol. The average molecular weight is 343 g/mol. The first-order valence-electron chi connectivity index (χ1n) is 8.47. The van der Waals surface area contributed by atoms with E-state index in [4.69, 9.17) is 14.2 Å². The lowest BCUT2D eigenvalue weighted by Crippen LogP contribution is -2.28. The van der Waals surface area contributed by atoms with Crippen LogP contribution in [0.3, 0.4) is 0 Å². The Morgan fingerprint density at radius 1 is 0.920 bits per heavy atom. The van der Waals surface area contributed by atoms with E-state index >= 15 is 0 Å². The SMILES string of the molecule is CCOc1ccc(CNC(=O)COc2ccc(C)cc2)cc1OCC. The van der Waals surface area contributed by atoms with Crippen LogP contribution in [-0.2, 0) is 11.3 Å². The number of nitrogens with one attached hydrogen (secondary N) is 1.